The second-order valence-electron chi connectivity index (χ2n) is 10.4. The monoisotopic (exact) mass is 452 g/mol. The molecule has 4 saturated carbocycles. The lowest BCUT2D eigenvalue weighted by Gasteiger charge is -2.61. The summed E-state index contributed by atoms with van der Waals surface area (Å²) in [4.78, 5) is 36.5. The Hall–Kier alpha value is -0.710. The maximum atomic E-state index is 12.8. The molecule has 4 fully saturated rings. The number of ether oxygens (including phenoxy) is 1. The number of fused-ring (bicyclic) bond motifs is 5. The minimum Gasteiger partial charge on any atom is -0.458 e. The van der Waals surface area contributed by atoms with E-state index in [9.17, 15) is 14.4 Å². The van der Waals surface area contributed by atoms with Crippen LogP contribution in [0.25, 0.3) is 0 Å². The number of carbonyl (C=O) groups excluding carboxylic acids is 3. The standard InChI is InChI=1S/C23H33BrO4/c1-13(25)28-12-21(27)18-5-4-16-15-11-20(24)19-10-14(26)6-8-23(19,3)17(15)7-9-22(16,18)2/h15-20H,4-12H2,1-3H3/t15-,16-,17-,18+,19?,20?,22-,23+/m0/s1. The molecule has 0 amide bonds. The maximum absolute atomic E-state index is 12.8. The van der Waals surface area contributed by atoms with E-state index >= 15 is 0 Å². The summed E-state index contributed by atoms with van der Waals surface area (Å²) in [6.07, 6.45) is 7.90. The van der Waals surface area contributed by atoms with Gasteiger partial charge in [0.1, 0.15) is 12.4 Å². The van der Waals surface area contributed by atoms with Crippen LogP contribution in [0.5, 0.6) is 0 Å². The Morgan fingerprint density at radius 3 is 2.50 bits per heavy atom. The van der Waals surface area contributed by atoms with E-state index in [4.69, 9.17) is 4.74 Å². The van der Waals surface area contributed by atoms with Crippen molar-refractivity contribution in [2.75, 3.05) is 6.61 Å². The zero-order chi connectivity index (χ0) is 20.3. The third kappa shape index (κ3) is 3.11. The highest BCUT2D eigenvalue weighted by Gasteiger charge is 2.62. The second kappa shape index (κ2) is 7.21. The highest BCUT2D eigenvalue weighted by atomic mass is 79.9. The molecule has 4 rings (SSSR count). The predicted molar refractivity (Wildman–Crippen MR) is 110 cm³/mol. The highest BCUT2D eigenvalue weighted by Crippen LogP contribution is 2.68. The Labute approximate surface area is 176 Å². The molecule has 4 nitrogen and oxygen atoms in total. The lowest BCUT2D eigenvalue weighted by atomic mass is 9.44. The van der Waals surface area contributed by atoms with Gasteiger partial charge in [-0.25, -0.2) is 0 Å². The first kappa shape index (κ1) is 20.6. The van der Waals surface area contributed by atoms with Crippen LogP contribution in [0.3, 0.4) is 0 Å². The van der Waals surface area contributed by atoms with Gasteiger partial charge in [-0.15, -0.1) is 0 Å². The van der Waals surface area contributed by atoms with Gasteiger partial charge in [-0.05, 0) is 73.0 Å². The molecule has 0 aromatic heterocycles. The minimum absolute atomic E-state index is 0.0186. The van der Waals surface area contributed by atoms with Gasteiger partial charge in [0.05, 0.1) is 0 Å². The van der Waals surface area contributed by atoms with Gasteiger partial charge in [0, 0.05) is 30.5 Å². The van der Waals surface area contributed by atoms with Gasteiger partial charge in [0.15, 0.2) is 5.78 Å². The Bertz CT molecular complexity index is 690. The zero-order valence-corrected chi connectivity index (χ0v) is 18.9. The Morgan fingerprint density at radius 1 is 1.07 bits per heavy atom. The molecule has 0 N–H and O–H groups in total. The van der Waals surface area contributed by atoms with E-state index in [1.165, 1.54) is 6.92 Å². The van der Waals surface area contributed by atoms with Crippen molar-refractivity contribution < 1.29 is 19.1 Å². The first-order chi connectivity index (χ1) is 13.2. The van der Waals surface area contributed by atoms with Crippen molar-refractivity contribution in [1.82, 2.24) is 0 Å². The maximum Gasteiger partial charge on any atom is 0.303 e. The normalized spacial score (nSPS) is 47.6. The molecule has 0 spiro atoms. The fraction of sp³-hybridized carbons (Fsp3) is 0.870. The fourth-order valence-corrected chi connectivity index (χ4v) is 9.06. The van der Waals surface area contributed by atoms with Crippen LogP contribution in [0.2, 0.25) is 0 Å². The van der Waals surface area contributed by atoms with Crippen molar-refractivity contribution in [3.05, 3.63) is 0 Å². The Balaban J connectivity index is 1.56. The first-order valence-electron chi connectivity index (χ1n) is 11.0. The van der Waals surface area contributed by atoms with E-state index in [0.29, 0.717) is 34.3 Å². The molecule has 0 aliphatic heterocycles. The average Bonchev–Trinajstić information content (AvgIpc) is 2.99. The molecule has 156 valence electrons. The van der Waals surface area contributed by atoms with Crippen LogP contribution in [-0.4, -0.2) is 29.0 Å². The van der Waals surface area contributed by atoms with Crippen LogP contribution < -0.4 is 0 Å². The molecule has 2 unspecified atom stereocenters. The summed E-state index contributed by atoms with van der Waals surface area (Å²) < 4.78 is 5.03. The molecule has 0 saturated heterocycles. The molecule has 0 heterocycles. The summed E-state index contributed by atoms with van der Waals surface area (Å²) >= 11 is 3.98. The quantitative estimate of drug-likeness (QED) is 0.458. The van der Waals surface area contributed by atoms with Gasteiger partial charge in [-0.3, -0.25) is 14.4 Å². The van der Waals surface area contributed by atoms with Gasteiger partial charge in [-0.1, -0.05) is 29.8 Å². The van der Waals surface area contributed by atoms with Crippen LogP contribution in [0.4, 0.5) is 0 Å². The second-order valence-corrected chi connectivity index (χ2v) is 11.6. The van der Waals surface area contributed by atoms with Crippen LogP contribution in [0.1, 0.15) is 72.1 Å². The molecule has 8 atom stereocenters. The van der Waals surface area contributed by atoms with Gasteiger partial charge >= 0.3 is 5.97 Å². The molecule has 5 heteroatoms. The van der Waals surface area contributed by atoms with Gasteiger partial charge in [0.2, 0.25) is 0 Å². The van der Waals surface area contributed by atoms with E-state index in [1.54, 1.807) is 0 Å². The van der Waals surface area contributed by atoms with Gasteiger partial charge in [-0.2, -0.15) is 0 Å². The van der Waals surface area contributed by atoms with Crippen LogP contribution >= 0.6 is 15.9 Å². The summed E-state index contributed by atoms with van der Waals surface area (Å²) in [5.74, 6) is 2.50. The number of hydrogen-bond donors (Lipinski definition) is 0. The molecule has 28 heavy (non-hydrogen) atoms. The molecule has 0 bridgehead atoms. The average molecular weight is 453 g/mol. The van der Waals surface area contributed by atoms with Gasteiger partial charge in [0.25, 0.3) is 0 Å². The molecule has 0 aromatic carbocycles. The van der Waals surface area contributed by atoms with Crippen molar-refractivity contribution >= 4 is 33.5 Å². The number of hydrogen-bond acceptors (Lipinski definition) is 4. The summed E-state index contributed by atoms with van der Waals surface area (Å²) in [6.45, 7) is 6.05. The lowest BCUT2D eigenvalue weighted by molar-refractivity contribution is -0.151. The van der Waals surface area contributed by atoms with Crippen LogP contribution in [0.15, 0.2) is 0 Å². The van der Waals surface area contributed by atoms with Crippen molar-refractivity contribution in [3.8, 4) is 0 Å². The van der Waals surface area contributed by atoms with Gasteiger partial charge < -0.3 is 4.74 Å². The fourth-order valence-electron chi connectivity index (χ4n) is 7.84. The van der Waals surface area contributed by atoms with Crippen molar-refractivity contribution in [3.63, 3.8) is 0 Å². The van der Waals surface area contributed by atoms with Crippen molar-refractivity contribution in [1.29, 1.82) is 0 Å². The third-order valence-electron chi connectivity index (χ3n) is 9.26. The van der Waals surface area contributed by atoms with E-state index < -0.39 is 0 Å². The zero-order valence-electron chi connectivity index (χ0n) is 17.3. The molecular weight excluding hydrogens is 420 g/mol. The number of rotatable bonds is 3. The van der Waals surface area contributed by atoms with E-state index in [-0.39, 0.29) is 35.1 Å². The minimum atomic E-state index is -0.378. The first-order valence-corrected chi connectivity index (χ1v) is 11.9. The summed E-state index contributed by atoms with van der Waals surface area (Å²) in [6, 6.07) is 0. The summed E-state index contributed by atoms with van der Waals surface area (Å²) in [5.41, 5.74) is 0.269. The topological polar surface area (TPSA) is 60.4 Å². The van der Waals surface area contributed by atoms with Crippen molar-refractivity contribution in [2.24, 2.45) is 40.4 Å². The molecule has 4 aliphatic rings. The lowest BCUT2D eigenvalue weighted by Crippen LogP contribution is -2.57. The molecule has 0 aromatic rings. The molecular formula is C23H33BrO4. The van der Waals surface area contributed by atoms with E-state index in [2.05, 4.69) is 29.8 Å². The largest absolute Gasteiger partial charge is 0.458 e. The SMILES string of the molecule is CC(=O)OCC(=O)[C@H]1CC[C@H]2[C@@H]3CC(Br)C4CC(=O)CC[C@]4(C)[C@H]3CC[C@]12C. The Morgan fingerprint density at radius 2 is 1.79 bits per heavy atom. The third-order valence-corrected chi connectivity index (χ3v) is 10.3. The van der Waals surface area contributed by atoms with E-state index in [1.807, 2.05) is 0 Å². The highest BCUT2D eigenvalue weighted by molar-refractivity contribution is 9.09. The van der Waals surface area contributed by atoms with E-state index in [0.717, 1.165) is 51.4 Å². The van der Waals surface area contributed by atoms with Crippen LogP contribution in [0, 0.1) is 40.4 Å². The Kier molecular flexibility index (Phi) is 5.29. The molecule has 4 aliphatic carbocycles. The number of carbonyl (C=O) groups is 3. The van der Waals surface area contributed by atoms with Crippen molar-refractivity contribution in [2.45, 2.75) is 77.0 Å². The number of Topliss-reactive ketones (excluding diaryl/α,β-unsaturated/α-hetero) is 2. The number of esters is 1. The number of halogens is 1. The molecule has 0 radical (unpaired) electrons. The number of ketones is 2. The predicted octanol–water partition coefficient (Wildman–Crippen LogP) is 4.72. The van der Waals surface area contributed by atoms with Crippen LogP contribution in [-0.2, 0) is 19.1 Å². The summed E-state index contributed by atoms with van der Waals surface area (Å²) in [5, 5.41) is 0. The smallest absolute Gasteiger partial charge is 0.303 e. The number of alkyl halides is 1. The summed E-state index contributed by atoms with van der Waals surface area (Å²) in [7, 11) is 0.